The van der Waals surface area contributed by atoms with Crippen molar-refractivity contribution in [2.45, 2.75) is 0 Å². The summed E-state index contributed by atoms with van der Waals surface area (Å²) in [6, 6.07) is 22.2. The first-order valence-electron chi connectivity index (χ1n) is 12.9. The molecular weight excluding hydrogens is 521 g/mol. The maximum Gasteiger partial charge on any atom is 0.255 e. The molecule has 0 atom stereocenters. The van der Waals surface area contributed by atoms with Crippen molar-refractivity contribution in [3.05, 3.63) is 115 Å². The zero-order valence-electron chi connectivity index (χ0n) is 22.5. The van der Waals surface area contributed by atoms with Crippen molar-refractivity contribution >= 4 is 45.7 Å². The molecule has 5 rings (SSSR count). The minimum atomic E-state index is -0.327. The van der Waals surface area contributed by atoms with E-state index in [1.807, 2.05) is 31.1 Å². The summed E-state index contributed by atoms with van der Waals surface area (Å²) in [5, 5.41) is 9.31. The molecule has 9 nitrogen and oxygen atoms in total. The lowest BCUT2D eigenvalue weighted by atomic mass is 10.1. The first-order valence-corrected chi connectivity index (χ1v) is 12.9. The van der Waals surface area contributed by atoms with Crippen molar-refractivity contribution in [2.75, 3.05) is 36.6 Å². The molecule has 0 radical (unpaired) electrons. The van der Waals surface area contributed by atoms with E-state index in [0.717, 1.165) is 0 Å². The van der Waals surface area contributed by atoms with E-state index in [2.05, 4.69) is 25.9 Å². The number of halogens is 1. The first kappa shape index (κ1) is 27.2. The fraction of sp³-hybridized carbons (Fsp3) is 0.0968. The fourth-order valence-corrected chi connectivity index (χ4v) is 4.17. The standard InChI is InChI=1S/C31H28FN7O2/c1-38(2)17-6-13-29(40)34-22-8-3-7-21(19-22)30(41)35-23-9-4-10-24(20-23)36-31-33-16-14-28(37-31)39-18-15-25-26(32)11-5-12-27(25)39/h3-16,18-20H,17H2,1-2H3,(H,34,40)(H,35,41)(H,33,36,37)/b13-6+. The second-order valence-electron chi connectivity index (χ2n) is 9.49. The summed E-state index contributed by atoms with van der Waals surface area (Å²) in [6.45, 7) is 0.646. The van der Waals surface area contributed by atoms with Crippen LogP contribution in [0.15, 0.2) is 103 Å². The molecule has 5 aromatic rings. The Balaban J connectivity index is 1.26. The van der Waals surface area contributed by atoms with Gasteiger partial charge in [-0.15, -0.1) is 0 Å². The van der Waals surface area contributed by atoms with E-state index in [1.165, 1.54) is 12.1 Å². The average molecular weight is 550 g/mol. The number of anilines is 4. The van der Waals surface area contributed by atoms with Crippen LogP contribution < -0.4 is 16.0 Å². The number of rotatable bonds is 9. The van der Waals surface area contributed by atoms with Crippen LogP contribution in [0.1, 0.15) is 10.4 Å². The third kappa shape index (κ3) is 6.81. The van der Waals surface area contributed by atoms with Crippen molar-refractivity contribution in [2.24, 2.45) is 0 Å². The molecule has 0 saturated heterocycles. The smallest absolute Gasteiger partial charge is 0.255 e. The molecule has 0 unspecified atom stereocenters. The lowest BCUT2D eigenvalue weighted by Gasteiger charge is -2.11. The van der Waals surface area contributed by atoms with Gasteiger partial charge in [0, 0.05) is 53.0 Å². The number of hydrogen-bond donors (Lipinski definition) is 3. The lowest BCUT2D eigenvalue weighted by Crippen LogP contribution is -2.14. The molecule has 10 heteroatoms. The maximum atomic E-state index is 14.1. The van der Waals surface area contributed by atoms with Crippen LogP contribution >= 0.6 is 0 Å². The Hall–Kier alpha value is -5.35. The molecule has 0 spiro atoms. The van der Waals surface area contributed by atoms with Crippen LogP contribution in [0.3, 0.4) is 0 Å². The molecule has 2 amide bonds. The van der Waals surface area contributed by atoms with Crippen LogP contribution in [0.25, 0.3) is 16.7 Å². The second kappa shape index (κ2) is 12.2. The summed E-state index contributed by atoms with van der Waals surface area (Å²) in [5.41, 5.74) is 2.83. The van der Waals surface area contributed by atoms with Crippen molar-refractivity contribution in [3.63, 3.8) is 0 Å². The van der Waals surface area contributed by atoms with Crippen molar-refractivity contribution < 1.29 is 14.0 Å². The van der Waals surface area contributed by atoms with Crippen LogP contribution in [-0.4, -0.2) is 51.9 Å². The monoisotopic (exact) mass is 549 g/mol. The molecule has 3 N–H and O–H groups in total. The molecule has 2 aromatic heterocycles. The predicted molar refractivity (Wildman–Crippen MR) is 159 cm³/mol. The average Bonchev–Trinajstić information content (AvgIpc) is 3.39. The number of benzene rings is 3. The number of fused-ring (bicyclic) bond motifs is 1. The predicted octanol–water partition coefficient (Wildman–Crippen LogP) is 5.61. The number of nitrogens with zero attached hydrogens (tertiary/aromatic N) is 4. The van der Waals surface area contributed by atoms with E-state index in [9.17, 15) is 14.0 Å². The van der Waals surface area contributed by atoms with Gasteiger partial charge in [0.2, 0.25) is 11.9 Å². The molecule has 0 aliphatic carbocycles. The Morgan fingerprint density at radius 1 is 0.927 bits per heavy atom. The van der Waals surface area contributed by atoms with Gasteiger partial charge < -0.3 is 25.4 Å². The Bertz CT molecular complexity index is 1750. The van der Waals surface area contributed by atoms with E-state index in [0.29, 0.717) is 51.8 Å². The van der Waals surface area contributed by atoms with E-state index in [-0.39, 0.29) is 17.6 Å². The highest BCUT2D eigenvalue weighted by molar-refractivity contribution is 6.06. The molecule has 0 aliphatic heterocycles. The van der Waals surface area contributed by atoms with Gasteiger partial charge in [0.15, 0.2) is 0 Å². The number of likely N-dealkylation sites (N-methyl/N-ethyl adjacent to an activating group) is 1. The molecule has 41 heavy (non-hydrogen) atoms. The van der Waals surface area contributed by atoms with E-state index in [1.54, 1.807) is 83.7 Å². The Kier molecular flexibility index (Phi) is 8.12. The number of aromatic nitrogens is 3. The quantitative estimate of drug-likeness (QED) is 0.207. The van der Waals surface area contributed by atoms with Gasteiger partial charge in [-0.05, 0) is 74.8 Å². The third-order valence-corrected chi connectivity index (χ3v) is 6.08. The van der Waals surface area contributed by atoms with Crippen molar-refractivity contribution in [3.8, 4) is 5.82 Å². The van der Waals surface area contributed by atoms with E-state index < -0.39 is 0 Å². The highest BCUT2D eigenvalue weighted by Gasteiger charge is 2.11. The van der Waals surface area contributed by atoms with Gasteiger partial charge >= 0.3 is 0 Å². The Labute approximate surface area is 236 Å². The third-order valence-electron chi connectivity index (χ3n) is 6.08. The molecule has 0 bridgehead atoms. The molecule has 2 heterocycles. The van der Waals surface area contributed by atoms with Crippen LogP contribution in [0.4, 0.5) is 27.4 Å². The minimum Gasteiger partial charge on any atom is -0.324 e. The number of amides is 2. The highest BCUT2D eigenvalue weighted by atomic mass is 19.1. The van der Waals surface area contributed by atoms with Crippen LogP contribution in [0, 0.1) is 5.82 Å². The van der Waals surface area contributed by atoms with Crippen LogP contribution in [0.5, 0.6) is 0 Å². The first-order chi connectivity index (χ1) is 19.9. The molecule has 0 saturated carbocycles. The van der Waals surface area contributed by atoms with Gasteiger partial charge in [0.25, 0.3) is 5.91 Å². The van der Waals surface area contributed by atoms with Gasteiger partial charge in [-0.2, -0.15) is 4.98 Å². The molecule has 0 fully saturated rings. The number of hydrogen-bond acceptors (Lipinski definition) is 6. The molecular formula is C31H28FN7O2. The topological polar surface area (TPSA) is 104 Å². The lowest BCUT2D eigenvalue weighted by molar-refractivity contribution is -0.111. The van der Waals surface area contributed by atoms with Crippen LogP contribution in [-0.2, 0) is 4.79 Å². The second-order valence-corrected chi connectivity index (χ2v) is 9.49. The number of nitrogens with one attached hydrogen (secondary N) is 3. The Morgan fingerprint density at radius 2 is 1.68 bits per heavy atom. The summed E-state index contributed by atoms with van der Waals surface area (Å²) in [7, 11) is 3.83. The van der Waals surface area contributed by atoms with E-state index in [4.69, 9.17) is 0 Å². The summed E-state index contributed by atoms with van der Waals surface area (Å²) in [5.74, 6) is 0.0229. The van der Waals surface area contributed by atoms with Gasteiger partial charge in [0.1, 0.15) is 11.6 Å². The molecule has 0 aliphatic rings. The van der Waals surface area contributed by atoms with Gasteiger partial charge in [0.05, 0.1) is 5.52 Å². The summed E-state index contributed by atoms with van der Waals surface area (Å²) < 4.78 is 15.9. The van der Waals surface area contributed by atoms with Crippen molar-refractivity contribution in [1.29, 1.82) is 0 Å². The van der Waals surface area contributed by atoms with Gasteiger partial charge in [-0.25, -0.2) is 9.37 Å². The molecule has 3 aromatic carbocycles. The number of carbonyl (C=O) groups excluding carboxylic acids is 2. The minimum absolute atomic E-state index is 0.272. The fourth-order valence-electron chi connectivity index (χ4n) is 4.17. The molecule has 206 valence electrons. The van der Waals surface area contributed by atoms with Gasteiger partial charge in [-0.1, -0.05) is 24.3 Å². The normalized spacial score (nSPS) is 11.2. The summed E-state index contributed by atoms with van der Waals surface area (Å²) >= 11 is 0. The largest absolute Gasteiger partial charge is 0.324 e. The maximum absolute atomic E-state index is 14.1. The van der Waals surface area contributed by atoms with Gasteiger partial charge in [-0.3, -0.25) is 9.59 Å². The highest BCUT2D eigenvalue weighted by Crippen LogP contribution is 2.24. The van der Waals surface area contributed by atoms with E-state index >= 15 is 0 Å². The summed E-state index contributed by atoms with van der Waals surface area (Å²) in [6.07, 6.45) is 6.60. The SMILES string of the molecule is CN(C)C/C=C/C(=O)Nc1cccc(C(=O)Nc2cccc(Nc3nccc(-n4ccc5c(F)cccc54)n3)c2)c1. The zero-order valence-corrected chi connectivity index (χ0v) is 22.5. The summed E-state index contributed by atoms with van der Waals surface area (Å²) in [4.78, 5) is 35.9. The van der Waals surface area contributed by atoms with Crippen molar-refractivity contribution in [1.82, 2.24) is 19.4 Å². The Morgan fingerprint density at radius 3 is 2.51 bits per heavy atom. The van der Waals surface area contributed by atoms with Crippen LogP contribution in [0.2, 0.25) is 0 Å². The zero-order chi connectivity index (χ0) is 28.8. The number of carbonyl (C=O) groups is 2.